The number of nitrogens with zero attached hydrogens (tertiary/aromatic N) is 3. The molecule has 0 bridgehead atoms. The molecule has 1 atom stereocenters. The quantitative estimate of drug-likeness (QED) is 0.423. The molecule has 2 aromatic rings. The number of hydrogen-bond acceptors (Lipinski definition) is 4. The second kappa shape index (κ2) is 8.89. The van der Waals surface area contributed by atoms with E-state index in [9.17, 15) is 0 Å². The van der Waals surface area contributed by atoms with E-state index in [1.165, 1.54) is 0 Å². The molecule has 25 heavy (non-hydrogen) atoms. The van der Waals surface area contributed by atoms with Gasteiger partial charge in [-0.15, -0.1) is 24.0 Å². The molecular formula is C18H24IN5O. The number of hydrogen-bond donors (Lipinski definition) is 2. The number of benzene rings is 1. The van der Waals surface area contributed by atoms with Crippen molar-refractivity contribution in [3.63, 3.8) is 0 Å². The molecule has 3 rings (SSSR count). The number of rotatable bonds is 4. The van der Waals surface area contributed by atoms with E-state index in [4.69, 9.17) is 10.5 Å². The van der Waals surface area contributed by atoms with Crippen molar-refractivity contribution >= 4 is 35.6 Å². The van der Waals surface area contributed by atoms with E-state index in [1.807, 2.05) is 49.3 Å². The first-order valence-electron chi connectivity index (χ1n) is 8.04. The van der Waals surface area contributed by atoms with Crippen LogP contribution in [0.2, 0.25) is 0 Å². The molecule has 0 saturated carbocycles. The molecule has 1 aromatic carbocycles. The van der Waals surface area contributed by atoms with Gasteiger partial charge in [-0.05, 0) is 18.2 Å². The van der Waals surface area contributed by atoms with Gasteiger partial charge in [-0.3, -0.25) is 4.98 Å². The molecule has 2 heterocycles. The molecule has 0 fully saturated rings. The number of nitrogens with one attached hydrogen (secondary N) is 1. The van der Waals surface area contributed by atoms with Gasteiger partial charge < -0.3 is 20.7 Å². The van der Waals surface area contributed by atoms with E-state index in [1.54, 1.807) is 6.20 Å². The highest BCUT2D eigenvalue weighted by molar-refractivity contribution is 14.0. The smallest absolute Gasteiger partial charge is 0.189 e. The Morgan fingerprint density at radius 2 is 2.12 bits per heavy atom. The molecule has 0 saturated heterocycles. The number of guanidine groups is 1. The van der Waals surface area contributed by atoms with Crippen LogP contribution in [0.4, 0.5) is 5.69 Å². The van der Waals surface area contributed by atoms with Gasteiger partial charge in [-0.25, -0.2) is 4.99 Å². The van der Waals surface area contributed by atoms with Gasteiger partial charge in [0.2, 0.25) is 0 Å². The molecule has 7 heteroatoms. The van der Waals surface area contributed by atoms with Crippen molar-refractivity contribution in [2.24, 2.45) is 10.7 Å². The van der Waals surface area contributed by atoms with Crippen LogP contribution in [0.5, 0.6) is 5.75 Å². The Balaban J connectivity index is 0.00000225. The lowest BCUT2D eigenvalue weighted by Crippen LogP contribution is -2.37. The van der Waals surface area contributed by atoms with Gasteiger partial charge in [0.15, 0.2) is 5.96 Å². The normalized spacial score (nSPS) is 16.2. The van der Waals surface area contributed by atoms with Crippen molar-refractivity contribution in [1.82, 2.24) is 10.3 Å². The SMILES string of the molecule is CN(C)c1cccnc1CN=C(N)NC1CCOc2ccccc21.I. The highest BCUT2D eigenvalue weighted by atomic mass is 127. The van der Waals surface area contributed by atoms with Crippen LogP contribution in [0, 0.1) is 0 Å². The van der Waals surface area contributed by atoms with Gasteiger partial charge in [0, 0.05) is 32.3 Å². The Kier molecular flexibility index (Phi) is 6.86. The lowest BCUT2D eigenvalue weighted by molar-refractivity contribution is 0.262. The Labute approximate surface area is 165 Å². The van der Waals surface area contributed by atoms with Crippen LogP contribution in [0.15, 0.2) is 47.6 Å². The average molecular weight is 453 g/mol. The molecule has 0 radical (unpaired) electrons. The first-order valence-corrected chi connectivity index (χ1v) is 8.04. The van der Waals surface area contributed by atoms with Gasteiger partial charge in [0.1, 0.15) is 5.75 Å². The summed E-state index contributed by atoms with van der Waals surface area (Å²) in [4.78, 5) is 10.9. The van der Waals surface area contributed by atoms with E-state index in [2.05, 4.69) is 21.4 Å². The number of fused-ring (bicyclic) bond motifs is 1. The summed E-state index contributed by atoms with van der Waals surface area (Å²) in [5.74, 6) is 1.33. The summed E-state index contributed by atoms with van der Waals surface area (Å²) >= 11 is 0. The van der Waals surface area contributed by atoms with Crippen LogP contribution in [-0.2, 0) is 6.54 Å². The summed E-state index contributed by atoms with van der Waals surface area (Å²) in [6.45, 7) is 1.12. The van der Waals surface area contributed by atoms with Crippen molar-refractivity contribution in [3.8, 4) is 5.75 Å². The van der Waals surface area contributed by atoms with E-state index < -0.39 is 0 Å². The molecule has 0 amide bonds. The van der Waals surface area contributed by atoms with Crippen LogP contribution in [0.3, 0.4) is 0 Å². The van der Waals surface area contributed by atoms with Crippen molar-refractivity contribution < 1.29 is 4.74 Å². The molecule has 3 N–H and O–H groups in total. The van der Waals surface area contributed by atoms with Crippen LogP contribution in [-0.4, -0.2) is 31.6 Å². The molecular weight excluding hydrogens is 429 g/mol. The average Bonchev–Trinajstić information content (AvgIpc) is 2.60. The van der Waals surface area contributed by atoms with Gasteiger partial charge in [-0.2, -0.15) is 0 Å². The number of pyridine rings is 1. The minimum absolute atomic E-state index is 0. The Morgan fingerprint density at radius 3 is 2.92 bits per heavy atom. The third-order valence-corrected chi connectivity index (χ3v) is 4.03. The van der Waals surface area contributed by atoms with Crippen molar-refractivity contribution in [3.05, 3.63) is 53.9 Å². The monoisotopic (exact) mass is 453 g/mol. The molecule has 1 aliphatic rings. The highest BCUT2D eigenvalue weighted by Gasteiger charge is 2.21. The summed E-state index contributed by atoms with van der Waals surface area (Å²) in [7, 11) is 3.98. The fraction of sp³-hybridized carbons (Fsp3) is 0.333. The van der Waals surface area contributed by atoms with Crippen LogP contribution in [0.1, 0.15) is 23.7 Å². The number of ether oxygens (including phenoxy) is 1. The number of para-hydroxylation sites is 1. The third kappa shape index (κ3) is 4.75. The second-order valence-corrected chi connectivity index (χ2v) is 5.94. The second-order valence-electron chi connectivity index (χ2n) is 5.94. The summed E-state index contributed by atoms with van der Waals surface area (Å²) in [6, 6.07) is 12.1. The van der Waals surface area contributed by atoms with Gasteiger partial charge in [-0.1, -0.05) is 18.2 Å². The minimum atomic E-state index is 0. The number of anilines is 1. The lowest BCUT2D eigenvalue weighted by atomic mass is 10.0. The Hall–Kier alpha value is -2.03. The van der Waals surface area contributed by atoms with E-state index in [0.717, 1.165) is 29.1 Å². The molecule has 6 nitrogen and oxygen atoms in total. The largest absolute Gasteiger partial charge is 0.493 e. The number of nitrogens with two attached hydrogens (primary N) is 1. The zero-order chi connectivity index (χ0) is 16.9. The van der Waals surface area contributed by atoms with Crippen LogP contribution < -0.4 is 20.7 Å². The maximum absolute atomic E-state index is 6.09. The Morgan fingerprint density at radius 1 is 1.32 bits per heavy atom. The maximum Gasteiger partial charge on any atom is 0.189 e. The molecule has 1 unspecified atom stereocenters. The van der Waals surface area contributed by atoms with Crippen molar-refractivity contribution in [2.75, 3.05) is 25.6 Å². The summed E-state index contributed by atoms with van der Waals surface area (Å²) < 4.78 is 5.67. The zero-order valence-corrected chi connectivity index (χ0v) is 16.8. The first-order chi connectivity index (χ1) is 11.6. The Bertz CT molecular complexity index is 735. The summed E-state index contributed by atoms with van der Waals surface area (Å²) in [6.07, 6.45) is 2.63. The standard InChI is InChI=1S/C18H23N5O.HI/c1-23(2)16-7-5-10-20-15(16)12-21-18(19)22-14-9-11-24-17-8-4-3-6-13(14)17;/h3-8,10,14H,9,11-12H2,1-2H3,(H3,19,21,22);1H. The lowest BCUT2D eigenvalue weighted by Gasteiger charge is -2.27. The molecule has 134 valence electrons. The topological polar surface area (TPSA) is 75.8 Å². The minimum Gasteiger partial charge on any atom is -0.493 e. The molecule has 1 aliphatic heterocycles. The van der Waals surface area contributed by atoms with Crippen LogP contribution in [0.25, 0.3) is 0 Å². The van der Waals surface area contributed by atoms with E-state index in [-0.39, 0.29) is 30.0 Å². The predicted molar refractivity (Wildman–Crippen MR) is 112 cm³/mol. The van der Waals surface area contributed by atoms with Crippen molar-refractivity contribution in [1.29, 1.82) is 0 Å². The summed E-state index contributed by atoms with van der Waals surface area (Å²) in [5, 5.41) is 3.30. The number of halogens is 1. The van der Waals surface area contributed by atoms with Crippen molar-refractivity contribution in [2.45, 2.75) is 19.0 Å². The van der Waals surface area contributed by atoms with Gasteiger partial charge in [0.05, 0.1) is 30.6 Å². The highest BCUT2D eigenvalue weighted by Crippen LogP contribution is 2.31. The maximum atomic E-state index is 6.09. The number of aromatic nitrogens is 1. The van der Waals surface area contributed by atoms with Crippen LogP contribution >= 0.6 is 24.0 Å². The predicted octanol–water partition coefficient (Wildman–Crippen LogP) is 2.69. The van der Waals surface area contributed by atoms with Gasteiger partial charge >= 0.3 is 0 Å². The third-order valence-electron chi connectivity index (χ3n) is 4.03. The number of aliphatic imine (C=N–C) groups is 1. The fourth-order valence-electron chi connectivity index (χ4n) is 2.83. The van der Waals surface area contributed by atoms with E-state index >= 15 is 0 Å². The van der Waals surface area contributed by atoms with E-state index in [0.29, 0.717) is 19.1 Å². The van der Waals surface area contributed by atoms with Gasteiger partial charge in [0.25, 0.3) is 0 Å². The first kappa shape index (κ1) is 19.3. The molecule has 1 aromatic heterocycles. The summed E-state index contributed by atoms with van der Waals surface area (Å²) in [5.41, 5.74) is 9.16. The fourth-order valence-corrected chi connectivity index (χ4v) is 2.83. The molecule has 0 aliphatic carbocycles. The zero-order valence-electron chi connectivity index (χ0n) is 14.5. The molecule has 0 spiro atoms.